The zero-order valence-electron chi connectivity index (χ0n) is 14.2. The van der Waals surface area contributed by atoms with Crippen LogP contribution in [0.25, 0.3) is 0 Å². The molecule has 2 fully saturated rings. The minimum Gasteiger partial charge on any atom is -0.384 e. The number of hydrogen-bond acceptors (Lipinski definition) is 3. The molecule has 0 spiro atoms. The van der Waals surface area contributed by atoms with Crippen molar-refractivity contribution >= 4 is 5.91 Å². The van der Waals surface area contributed by atoms with Crippen LogP contribution in [0.15, 0.2) is 24.3 Å². The molecule has 1 heterocycles. The molecule has 24 heavy (non-hydrogen) atoms. The summed E-state index contributed by atoms with van der Waals surface area (Å²) in [6, 6.07) is 6.62. The number of hydrogen-bond donors (Lipinski definition) is 1. The summed E-state index contributed by atoms with van der Waals surface area (Å²) in [7, 11) is 1.60. The zero-order valence-corrected chi connectivity index (χ0v) is 14.2. The summed E-state index contributed by atoms with van der Waals surface area (Å²) in [5.41, 5.74) is 0.983. The monoisotopic (exact) mass is 335 g/mol. The number of carbonyl (C=O) groups is 1. The molecule has 1 aliphatic carbocycles. The van der Waals surface area contributed by atoms with E-state index in [4.69, 9.17) is 9.47 Å². The van der Waals surface area contributed by atoms with E-state index in [2.05, 4.69) is 5.32 Å². The zero-order chi connectivity index (χ0) is 16.9. The second kappa shape index (κ2) is 8.08. The lowest BCUT2D eigenvalue weighted by atomic mass is 9.76. The summed E-state index contributed by atoms with van der Waals surface area (Å²) in [6.45, 7) is 0.435. The average Bonchev–Trinajstić information content (AvgIpc) is 2.60. The number of amides is 1. The van der Waals surface area contributed by atoms with E-state index in [0.29, 0.717) is 18.9 Å². The van der Waals surface area contributed by atoms with Crippen LogP contribution >= 0.6 is 0 Å². The first kappa shape index (κ1) is 17.4. The van der Waals surface area contributed by atoms with E-state index in [1.54, 1.807) is 19.2 Å². The summed E-state index contributed by atoms with van der Waals surface area (Å²) in [4.78, 5) is 12.2. The predicted molar refractivity (Wildman–Crippen MR) is 89.0 cm³/mol. The Morgan fingerprint density at radius 3 is 2.79 bits per heavy atom. The van der Waals surface area contributed by atoms with Crippen molar-refractivity contribution in [3.63, 3.8) is 0 Å². The maximum absolute atomic E-state index is 13.2. The second-order valence-corrected chi connectivity index (χ2v) is 6.82. The molecule has 0 unspecified atom stereocenters. The molecule has 0 aromatic heterocycles. The van der Waals surface area contributed by atoms with Crippen LogP contribution in [-0.4, -0.2) is 31.8 Å². The number of ether oxygens (including phenoxy) is 2. The molecule has 4 nitrogen and oxygen atoms in total. The first-order valence-corrected chi connectivity index (χ1v) is 8.86. The van der Waals surface area contributed by atoms with E-state index in [-0.39, 0.29) is 30.0 Å². The van der Waals surface area contributed by atoms with Gasteiger partial charge in [-0.3, -0.25) is 4.79 Å². The van der Waals surface area contributed by atoms with E-state index in [1.165, 1.54) is 25.0 Å². The number of nitrogens with one attached hydrogen (secondary N) is 1. The molecule has 132 valence electrons. The molecule has 1 amide bonds. The van der Waals surface area contributed by atoms with Gasteiger partial charge < -0.3 is 14.8 Å². The molecule has 1 saturated heterocycles. The lowest BCUT2D eigenvalue weighted by Crippen LogP contribution is -2.51. The lowest BCUT2D eigenvalue weighted by Gasteiger charge is -2.45. The Kier molecular flexibility index (Phi) is 5.85. The third-order valence-corrected chi connectivity index (χ3v) is 5.20. The predicted octanol–water partition coefficient (Wildman–Crippen LogP) is 3.37. The minimum atomic E-state index is -0.241. The van der Waals surface area contributed by atoms with E-state index < -0.39 is 0 Å². The lowest BCUT2D eigenvalue weighted by molar-refractivity contribution is -0.133. The van der Waals surface area contributed by atoms with Crippen molar-refractivity contribution in [3.8, 4) is 0 Å². The molecule has 1 aliphatic heterocycles. The van der Waals surface area contributed by atoms with Crippen LogP contribution in [-0.2, 0) is 14.3 Å². The largest absolute Gasteiger partial charge is 0.384 e. The van der Waals surface area contributed by atoms with Crippen LogP contribution in [0, 0.1) is 11.7 Å². The molecule has 0 bridgehead atoms. The van der Waals surface area contributed by atoms with E-state index in [1.807, 2.05) is 0 Å². The Balaban J connectivity index is 1.71. The van der Waals surface area contributed by atoms with Crippen LogP contribution in [0.5, 0.6) is 0 Å². The van der Waals surface area contributed by atoms with Crippen molar-refractivity contribution < 1.29 is 18.7 Å². The van der Waals surface area contributed by atoms with E-state index in [0.717, 1.165) is 24.8 Å². The second-order valence-electron chi connectivity index (χ2n) is 6.82. The summed E-state index contributed by atoms with van der Waals surface area (Å²) < 4.78 is 24.5. The highest BCUT2D eigenvalue weighted by Crippen LogP contribution is 2.41. The molecule has 4 atom stereocenters. The van der Waals surface area contributed by atoms with Crippen molar-refractivity contribution in [1.29, 1.82) is 0 Å². The van der Waals surface area contributed by atoms with Gasteiger partial charge in [-0.2, -0.15) is 0 Å². The SMILES string of the molecule is COCCC(=O)N[C@@H]1C[C@H](c2ccc(F)cc2)O[C@@H]2CCCC[C@@H]12. The van der Waals surface area contributed by atoms with Gasteiger partial charge in [0, 0.05) is 25.5 Å². The number of benzene rings is 1. The van der Waals surface area contributed by atoms with Gasteiger partial charge in [-0.1, -0.05) is 25.0 Å². The Morgan fingerprint density at radius 2 is 2.04 bits per heavy atom. The normalized spacial score (nSPS) is 29.8. The number of halogens is 1. The minimum absolute atomic E-state index is 0.0333. The number of fused-ring (bicyclic) bond motifs is 1. The van der Waals surface area contributed by atoms with Crippen LogP contribution in [0.3, 0.4) is 0 Å². The Bertz CT molecular complexity index is 548. The molecule has 0 radical (unpaired) electrons. The van der Waals surface area contributed by atoms with Crippen molar-refractivity contribution in [2.75, 3.05) is 13.7 Å². The van der Waals surface area contributed by atoms with Gasteiger partial charge >= 0.3 is 0 Å². The number of carbonyl (C=O) groups excluding carboxylic acids is 1. The van der Waals surface area contributed by atoms with Gasteiger partial charge in [-0.15, -0.1) is 0 Å². The summed E-state index contributed by atoms with van der Waals surface area (Å²) >= 11 is 0. The Hall–Kier alpha value is -1.46. The van der Waals surface area contributed by atoms with Gasteiger partial charge in [0.15, 0.2) is 0 Å². The first-order valence-electron chi connectivity index (χ1n) is 8.86. The van der Waals surface area contributed by atoms with Gasteiger partial charge in [0.1, 0.15) is 5.82 Å². The molecular weight excluding hydrogens is 309 g/mol. The third-order valence-electron chi connectivity index (χ3n) is 5.20. The van der Waals surface area contributed by atoms with Crippen LogP contribution in [0.2, 0.25) is 0 Å². The number of methoxy groups -OCH3 is 1. The van der Waals surface area contributed by atoms with Crippen molar-refractivity contribution in [3.05, 3.63) is 35.6 Å². The maximum Gasteiger partial charge on any atom is 0.222 e. The van der Waals surface area contributed by atoms with E-state index in [9.17, 15) is 9.18 Å². The topological polar surface area (TPSA) is 47.6 Å². The maximum atomic E-state index is 13.2. The molecule has 1 saturated carbocycles. The van der Waals surface area contributed by atoms with Crippen LogP contribution in [0.4, 0.5) is 4.39 Å². The molecular formula is C19H26FNO3. The number of rotatable bonds is 5. The van der Waals surface area contributed by atoms with Gasteiger partial charge in [0.05, 0.1) is 18.8 Å². The smallest absolute Gasteiger partial charge is 0.222 e. The summed E-state index contributed by atoms with van der Waals surface area (Å²) in [6.07, 6.45) is 5.70. The summed E-state index contributed by atoms with van der Waals surface area (Å²) in [5.74, 6) is 0.169. The quantitative estimate of drug-likeness (QED) is 0.897. The van der Waals surface area contributed by atoms with Crippen LogP contribution in [0.1, 0.15) is 50.2 Å². The molecule has 2 aliphatic rings. The first-order chi connectivity index (χ1) is 11.7. The average molecular weight is 335 g/mol. The standard InChI is InChI=1S/C19H26FNO3/c1-23-11-10-19(22)21-16-12-18(13-6-8-14(20)9-7-13)24-17-5-3-2-4-15(16)17/h6-9,15-18H,2-5,10-12H2,1H3,(H,21,22)/t15-,16+,17+,18+/m0/s1. The summed E-state index contributed by atoms with van der Waals surface area (Å²) in [5, 5.41) is 3.19. The Morgan fingerprint density at radius 1 is 1.29 bits per heavy atom. The third kappa shape index (κ3) is 4.14. The van der Waals surface area contributed by atoms with E-state index >= 15 is 0 Å². The fraction of sp³-hybridized carbons (Fsp3) is 0.632. The van der Waals surface area contributed by atoms with Gasteiger partial charge in [0.25, 0.3) is 0 Å². The highest BCUT2D eigenvalue weighted by atomic mass is 19.1. The molecule has 5 heteroatoms. The Labute approximate surface area is 142 Å². The van der Waals surface area contributed by atoms with Crippen LogP contribution < -0.4 is 5.32 Å². The fourth-order valence-electron chi connectivity index (χ4n) is 3.96. The highest BCUT2D eigenvalue weighted by Gasteiger charge is 2.40. The van der Waals surface area contributed by atoms with Gasteiger partial charge in [-0.25, -0.2) is 4.39 Å². The van der Waals surface area contributed by atoms with Gasteiger partial charge in [0.2, 0.25) is 5.91 Å². The van der Waals surface area contributed by atoms with Crippen molar-refractivity contribution in [1.82, 2.24) is 5.32 Å². The highest BCUT2D eigenvalue weighted by molar-refractivity contribution is 5.76. The molecule has 3 rings (SSSR count). The molecule has 1 aromatic carbocycles. The molecule has 1 aromatic rings. The van der Waals surface area contributed by atoms with Crippen molar-refractivity contribution in [2.24, 2.45) is 5.92 Å². The molecule has 1 N–H and O–H groups in total. The fourth-order valence-corrected chi connectivity index (χ4v) is 3.96. The van der Waals surface area contributed by atoms with Gasteiger partial charge in [-0.05, 0) is 37.0 Å². The van der Waals surface area contributed by atoms with Crippen molar-refractivity contribution in [2.45, 2.75) is 56.8 Å².